The number of aromatic nitrogens is 2. The van der Waals surface area contributed by atoms with Gasteiger partial charge in [-0.3, -0.25) is 4.79 Å². The van der Waals surface area contributed by atoms with Gasteiger partial charge in [-0.2, -0.15) is 0 Å². The van der Waals surface area contributed by atoms with Gasteiger partial charge in [-0.1, -0.05) is 54.2 Å². The maximum absolute atomic E-state index is 12.6. The quantitative estimate of drug-likeness (QED) is 0.625. The summed E-state index contributed by atoms with van der Waals surface area (Å²) in [6.45, 7) is 1.75. The van der Waals surface area contributed by atoms with Crippen molar-refractivity contribution in [3.63, 3.8) is 0 Å². The number of amides is 1. The normalized spacial score (nSPS) is 15.4. The molecule has 0 atom stereocenters. The Balaban J connectivity index is 1.28. The molecule has 1 fully saturated rings. The van der Waals surface area contributed by atoms with Crippen molar-refractivity contribution in [2.24, 2.45) is 13.0 Å². The van der Waals surface area contributed by atoms with Crippen LogP contribution in [0, 0.1) is 5.92 Å². The summed E-state index contributed by atoms with van der Waals surface area (Å²) in [5.41, 5.74) is 3.49. The molecule has 0 radical (unpaired) electrons. The lowest BCUT2D eigenvalue weighted by atomic mass is 9.90. The van der Waals surface area contributed by atoms with Crippen molar-refractivity contribution in [2.45, 2.75) is 24.4 Å². The molecule has 2 aromatic carbocycles. The van der Waals surface area contributed by atoms with E-state index in [9.17, 15) is 4.79 Å². The first-order valence-electron chi connectivity index (χ1n) is 9.56. The highest BCUT2D eigenvalue weighted by Gasteiger charge is 2.23. The minimum Gasteiger partial charge on any atom is -0.342 e. The highest BCUT2D eigenvalue weighted by atomic mass is 32.2. The van der Waals surface area contributed by atoms with Gasteiger partial charge in [0.15, 0.2) is 5.16 Å². The summed E-state index contributed by atoms with van der Waals surface area (Å²) in [4.78, 5) is 19.3. The van der Waals surface area contributed by atoms with Gasteiger partial charge in [0.2, 0.25) is 5.91 Å². The Morgan fingerprint density at radius 3 is 2.52 bits per heavy atom. The van der Waals surface area contributed by atoms with Crippen LogP contribution in [0.2, 0.25) is 0 Å². The zero-order chi connectivity index (χ0) is 18.6. The molecule has 0 aliphatic carbocycles. The zero-order valence-electron chi connectivity index (χ0n) is 15.7. The Labute approximate surface area is 164 Å². The number of para-hydroxylation sites is 2. The molecular formula is C22H25N3OS. The molecule has 4 rings (SSSR count). The molecule has 0 N–H and O–H groups in total. The van der Waals surface area contributed by atoms with Crippen molar-refractivity contribution in [2.75, 3.05) is 18.8 Å². The number of hydrogen-bond donors (Lipinski definition) is 0. The van der Waals surface area contributed by atoms with E-state index in [2.05, 4.69) is 45.9 Å². The summed E-state index contributed by atoms with van der Waals surface area (Å²) in [5.74, 6) is 1.37. The standard InChI is InChI=1S/C22H25N3OS/c1-24-20-10-6-5-9-19(20)23-22(24)27-16-21(26)25-13-11-18(12-14-25)15-17-7-3-2-4-8-17/h2-10,18H,11-16H2,1H3. The SMILES string of the molecule is Cn1c(SCC(=O)N2CCC(Cc3ccccc3)CC2)nc2ccccc21. The molecule has 5 heteroatoms. The number of carbonyl (C=O) groups excluding carboxylic acids is 1. The average molecular weight is 380 g/mol. The predicted octanol–water partition coefficient (Wildman–Crippen LogP) is 4.15. The zero-order valence-corrected chi connectivity index (χ0v) is 16.5. The third-order valence-corrected chi connectivity index (χ3v) is 6.42. The fourth-order valence-electron chi connectivity index (χ4n) is 3.80. The summed E-state index contributed by atoms with van der Waals surface area (Å²) in [5, 5.41) is 0.906. The van der Waals surface area contributed by atoms with Gasteiger partial charge in [0.25, 0.3) is 0 Å². The van der Waals surface area contributed by atoms with Crippen molar-refractivity contribution >= 4 is 28.7 Å². The number of piperidine rings is 1. The summed E-state index contributed by atoms with van der Waals surface area (Å²) < 4.78 is 2.07. The van der Waals surface area contributed by atoms with Crippen molar-refractivity contribution in [3.8, 4) is 0 Å². The molecular weight excluding hydrogens is 354 g/mol. The van der Waals surface area contributed by atoms with Gasteiger partial charge in [0.05, 0.1) is 16.8 Å². The van der Waals surface area contributed by atoms with Crippen LogP contribution in [0.4, 0.5) is 0 Å². The van der Waals surface area contributed by atoms with E-state index in [4.69, 9.17) is 0 Å². The number of aryl methyl sites for hydroxylation is 1. The average Bonchev–Trinajstić information content (AvgIpc) is 3.03. The molecule has 1 saturated heterocycles. The van der Waals surface area contributed by atoms with Crippen molar-refractivity contribution in [1.29, 1.82) is 0 Å². The minimum atomic E-state index is 0.227. The molecule has 1 amide bonds. The van der Waals surface area contributed by atoms with Crippen LogP contribution in [0.3, 0.4) is 0 Å². The van der Waals surface area contributed by atoms with Gasteiger partial charge in [-0.05, 0) is 42.9 Å². The van der Waals surface area contributed by atoms with E-state index < -0.39 is 0 Å². The Hall–Kier alpha value is -2.27. The van der Waals surface area contributed by atoms with Crippen molar-refractivity contribution in [1.82, 2.24) is 14.5 Å². The second-order valence-corrected chi connectivity index (χ2v) is 8.19. The molecule has 3 aromatic rings. The Kier molecular flexibility index (Phi) is 5.48. The third-order valence-electron chi connectivity index (χ3n) is 5.41. The highest BCUT2D eigenvalue weighted by Crippen LogP contribution is 2.25. The second kappa shape index (κ2) is 8.17. The first-order chi connectivity index (χ1) is 13.2. The lowest BCUT2D eigenvalue weighted by Crippen LogP contribution is -2.39. The fourth-order valence-corrected chi connectivity index (χ4v) is 4.69. The van der Waals surface area contributed by atoms with E-state index in [-0.39, 0.29) is 5.91 Å². The van der Waals surface area contributed by atoms with Crippen molar-refractivity contribution in [3.05, 3.63) is 60.2 Å². The molecule has 1 aliphatic rings. The number of imidazole rings is 1. The smallest absolute Gasteiger partial charge is 0.233 e. The third kappa shape index (κ3) is 4.19. The summed E-state index contributed by atoms with van der Waals surface area (Å²) in [6, 6.07) is 18.8. The maximum atomic E-state index is 12.6. The maximum Gasteiger partial charge on any atom is 0.233 e. The number of fused-ring (bicyclic) bond motifs is 1. The number of rotatable bonds is 5. The van der Waals surface area contributed by atoms with Crippen LogP contribution in [0.1, 0.15) is 18.4 Å². The van der Waals surface area contributed by atoms with Gasteiger partial charge in [0.1, 0.15) is 0 Å². The molecule has 0 saturated carbocycles. The van der Waals surface area contributed by atoms with Gasteiger partial charge in [0, 0.05) is 20.1 Å². The number of thioether (sulfide) groups is 1. The Morgan fingerprint density at radius 1 is 1.07 bits per heavy atom. The Morgan fingerprint density at radius 2 is 1.78 bits per heavy atom. The molecule has 1 aromatic heterocycles. The molecule has 4 nitrogen and oxygen atoms in total. The molecule has 27 heavy (non-hydrogen) atoms. The Bertz CT molecular complexity index is 914. The molecule has 0 spiro atoms. The molecule has 140 valence electrons. The molecule has 0 bridgehead atoms. The summed E-state index contributed by atoms with van der Waals surface area (Å²) in [6.07, 6.45) is 3.31. The van der Waals surface area contributed by atoms with Crippen LogP contribution < -0.4 is 0 Å². The number of nitrogens with zero attached hydrogens (tertiary/aromatic N) is 3. The van der Waals surface area contributed by atoms with Gasteiger partial charge in [-0.25, -0.2) is 4.98 Å². The van der Waals surface area contributed by atoms with Gasteiger partial charge in [-0.15, -0.1) is 0 Å². The number of likely N-dealkylation sites (tertiary alicyclic amines) is 1. The van der Waals surface area contributed by atoms with Crippen molar-refractivity contribution < 1.29 is 4.79 Å². The predicted molar refractivity (Wildman–Crippen MR) is 111 cm³/mol. The lowest BCUT2D eigenvalue weighted by molar-refractivity contribution is -0.129. The lowest BCUT2D eigenvalue weighted by Gasteiger charge is -2.32. The second-order valence-electron chi connectivity index (χ2n) is 7.24. The van der Waals surface area contributed by atoms with E-state index in [1.54, 1.807) is 0 Å². The van der Waals surface area contributed by atoms with Crippen LogP contribution >= 0.6 is 11.8 Å². The molecule has 1 aliphatic heterocycles. The summed E-state index contributed by atoms with van der Waals surface area (Å²) >= 11 is 1.54. The van der Waals surface area contributed by atoms with E-state index in [0.717, 1.165) is 48.5 Å². The van der Waals surface area contributed by atoms with Crippen LogP contribution in [0.15, 0.2) is 59.8 Å². The van der Waals surface area contributed by atoms with Gasteiger partial charge < -0.3 is 9.47 Å². The minimum absolute atomic E-state index is 0.227. The van der Waals surface area contributed by atoms with Crippen LogP contribution in [0.5, 0.6) is 0 Å². The van der Waals surface area contributed by atoms with Crippen LogP contribution in [0.25, 0.3) is 11.0 Å². The number of hydrogen-bond acceptors (Lipinski definition) is 3. The molecule has 2 heterocycles. The van der Waals surface area contributed by atoms with Crippen LogP contribution in [-0.4, -0.2) is 39.2 Å². The van der Waals surface area contributed by atoms with E-state index in [1.165, 1.54) is 17.3 Å². The van der Waals surface area contributed by atoms with E-state index >= 15 is 0 Å². The van der Waals surface area contributed by atoms with Gasteiger partial charge >= 0.3 is 0 Å². The fraction of sp³-hybridized carbons (Fsp3) is 0.364. The van der Waals surface area contributed by atoms with E-state index in [0.29, 0.717) is 11.7 Å². The number of carbonyl (C=O) groups is 1. The van der Waals surface area contributed by atoms with E-state index in [1.807, 2.05) is 30.1 Å². The first-order valence-corrected chi connectivity index (χ1v) is 10.6. The number of benzene rings is 2. The monoisotopic (exact) mass is 379 g/mol. The molecule has 0 unspecified atom stereocenters. The first kappa shape index (κ1) is 18.1. The summed E-state index contributed by atoms with van der Waals surface area (Å²) in [7, 11) is 2.01. The largest absolute Gasteiger partial charge is 0.342 e. The van der Waals surface area contributed by atoms with Crippen LogP contribution in [-0.2, 0) is 18.3 Å². The topological polar surface area (TPSA) is 38.1 Å². The highest BCUT2D eigenvalue weighted by molar-refractivity contribution is 7.99.